The Hall–Kier alpha value is -1.41. The van der Waals surface area contributed by atoms with Crippen molar-refractivity contribution >= 4 is 0 Å². The van der Waals surface area contributed by atoms with Crippen molar-refractivity contribution in [2.24, 2.45) is 5.92 Å². The van der Waals surface area contributed by atoms with Crippen LogP contribution in [0.1, 0.15) is 45.8 Å². The molecule has 0 aliphatic carbocycles. The lowest BCUT2D eigenvalue weighted by atomic mass is 10.1. The quantitative estimate of drug-likeness (QED) is 0.759. The fourth-order valence-electron chi connectivity index (χ4n) is 1.53. The van der Waals surface area contributed by atoms with Crippen LogP contribution in [-0.4, -0.2) is 16.7 Å². The lowest BCUT2D eigenvalue weighted by molar-refractivity contribution is -0.0221. The molecule has 17 heavy (non-hydrogen) atoms. The normalized spacial score (nSPS) is 13.4. The molecule has 1 atom stereocenters. The summed E-state index contributed by atoms with van der Waals surface area (Å²) >= 11 is 0. The Morgan fingerprint density at radius 3 is 2.82 bits per heavy atom. The van der Waals surface area contributed by atoms with Crippen LogP contribution in [0, 0.1) is 17.2 Å². The van der Waals surface area contributed by atoms with E-state index in [1.54, 1.807) is 0 Å². The van der Waals surface area contributed by atoms with E-state index in [2.05, 4.69) is 16.2 Å². The lowest BCUT2D eigenvalue weighted by Crippen LogP contribution is -2.23. The minimum Gasteiger partial charge on any atom is -0.368 e. The number of ether oxygens (including phenoxy) is 1. The summed E-state index contributed by atoms with van der Waals surface area (Å²) in [5.41, 5.74) is -0.533. The maximum absolute atomic E-state index is 8.58. The maximum Gasteiger partial charge on any atom is 0.227 e. The molecule has 94 valence electrons. The van der Waals surface area contributed by atoms with E-state index in [-0.39, 0.29) is 5.92 Å². The van der Waals surface area contributed by atoms with Gasteiger partial charge in [0.25, 0.3) is 0 Å². The highest BCUT2D eigenvalue weighted by Gasteiger charge is 2.27. The van der Waals surface area contributed by atoms with Crippen LogP contribution < -0.4 is 0 Å². The van der Waals surface area contributed by atoms with E-state index in [1.165, 1.54) is 0 Å². The van der Waals surface area contributed by atoms with Crippen molar-refractivity contribution in [2.75, 3.05) is 6.61 Å². The number of nitrogens with zero attached hydrogens (tertiary/aromatic N) is 3. The number of nitriles is 1. The summed E-state index contributed by atoms with van der Waals surface area (Å²) in [4.78, 5) is 4.31. The van der Waals surface area contributed by atoms with Crippen molar-refractivity contribution in [1.29, 1.82) is 5.26 Å². The molecule has 0 saturated carbocycles. The molecule has 0 fully saturated rings. The minimum atomic E-state index is -0.533. The summed E-state index contributed by atoms with van der Waals surface area (Å²) < 4.78 is 10.7. The van der Waals surface area contributed by atoms with Crippen molar-refractivity contribution < 1.29 is 9.26 Å². The average molecular weight is 237 g/mol. The maximum atomic E-state index is 8.58. The van der Waals surface area contributed by atoms with Crippen molar-refractivity contribution in [3.05, 3.63) is 11.7 Å². The second kappa shape index (κ2) is 5.78. The van der Waals surface area contributed by atoms with Gasteiger partial charge in [-0.25, -0.2) is 0 Å². The van der Waals surface area contributed by atoms with Crippen molar-refractivity contribution in [2.45, 2.75) is 46.1 Å². The Bertz CT molecular complexity index is 393. The highest BCUT2D eigenvalue weighted by molar-refractivity contribution is 4.98. The number of rotatable bonds is 6. The zero-order chi connectivity index (χ0) is 12.9. The van der Waals surface area contributed by atoms with Crippen LogP contribution >= 0.6 is 0 Å². The first-order chi connectivity index (χ1) is 7.99. The lowest BCUT2D eigenvalue weighted by Gasteiger charge is -2.19. The Morgan fingerprint density at radius 1 is 1.53 bits per heavy atom. The molecule has 1 unspecified atom stereocenters. The fraction of sp³-hybridized carbons (Fsp3) is 0.750. The molecule has 0 saturated heterocycles. The molecule has 0 bridgehead atoms. The Kier molecular flexibility index (Phi) is 4.64. The van der Waals surface area contributed by atoms with Crippen molar-refractivity contribution in [3.63, 3.8) is 0 Å². The van der Waals surface area contributed by atoms with Gasteiger partial charge in [-0.1, -0.05) is 12.1 Å². The van der Waals surface area contributed by atoms with Crippen LogP contribution in [0.15, 0.2) is 4.52 Å². The van der Waals surface area contributed by atoms with E-state index in [0.29, 0.717) is 31.2 Å². The summed E-state index contributed by atoms with van der Waals surface area (Å²) in [6.07, 6.45) is 1.12. The van der Waals surface area contributed by atoms with Crippen molar-refractivity contribution in [3.8, 4) is 6.07 Å². The van der Waals surface area contributed by atoms with Gasteiger partial charge in [0.2, 0.25) is 11.7 Å². The van der Waals surface area contributed by atoms with E-state index in [0.717, 1.165) is 0 Å². The summed E-state index contributed by atoms with van der Waals surface area (Å²) in [7, 11) is 0. The van der Waals surface area contributed by atoms with Crippen molar-refractivity contribution in [1.82, 2.24) is 10.1 Å². The predicted molar refractivity (Wildman–Crippen MR) is 62.0 cm³/mol. The van der Waals surface area contributed by atoms with Crippen LogP contribution in [-0.2, 0) is 16.8 Å². The summed E-state index contributed by atoms with van der Waals surface area (Å²) in [6, 6.07) is 2.13. The Morgan fingerprint density at radius 2 is 2.24 bits per heavy atom. The van der Waals surface area contributed by atoms with E-state index in [9.17, 15) is 0 Å². The van der Waals surface area contributed by atoms with Gasteiger partial charge in [0.1, 0.15) is 5.60 Å². The third kappa shape index (κ3) is 3.82. The zero-order valence-corrected chi connectivity index (χ0v) is 10.9. The van der Waals surface area contributed by atoms with Gasteiger partial charge >= 0.3 is 0 Å². The molecule has 1 rings (SSSR count). The van der Waals surface area contributed by atoms with E-state index >= 15 is 0 Å². The molecule has 0 amide bonds. The van der Waals surface area contributed by atoms with E-state index in [1.807, 2.05) is 27.7 Å². The van der Waals surface area contributed by atoms with E-state index in [4.69, 9.17) is 14.5 Å². The number of hydrogen-bond acceptors (Lipinski definition) is 5. The van der Waals surface area contributed by atoms with Crippen LogP contribution in [0.3, 0.4) is 0 Å². The summed E-state index contributed by atoms with van der Waals surface area (Å²) in [6.45, 7) is 8.33. The van der Waals surface area contributed by atoms with Gasteiger partial charge < -0.3 is 9.26 Å². The zero-order valence-electron chi connectivity index (χ0n) is 10.9. The molecular weight excluding hydrogens is 218 g/mol. The van der Waals surface area contributed by atoms with Gasteiger partial charge in [-0.05, 0) is 26.7 Å². The molecule has 0 aliphatic rings. The standard InChI is InChI=1S/C12H19N3O2/c1-5-16-12(3,4)11-14-10(17-15-11)8-9(2)6-7-13/h9H,5-6,8H2,1-4H3. The topological polar surface area (TPSA) is 71.9 Å². The summed E-state index contributed by atoms with van der Waals surface area (Å²) in [5.74, 6) is 1.34. The van der Waals surface area contributed by atoms with E-state index < -0.39 is 5.60 Å². The molecular formula is C12H19N3O2. The molecule has 0 N–H and O–H groups in total. The van der Waals surface area contributed by atoms with Gasteiger partial charge in [0, 0.05) is 19.4 Å². The third-order valence-corrected chi connectivity index (χ3v) is 2.47. The molecule has 1 aromatic heterocycles. The Labute approximate surface area is 102 Å². The van der Waals surface area contributed by atoms with Crippen LogP contribution in [0.25, 0.3) is 0 Å². The highest BCUT2D eigenvalue weighted by atomic mass is 16.5. The molecule has 5 heteroatoms. The number of hydrogen-bond donors (Lipinski definition) is 0. The fourth-order valence-corrected chi connectivity index (χ4v) is 1.53. The highest BCUT2D eigenvalue weighted by Crippen LogP contribution is 2.22. The van der Waals surface area contributed by atoms with Gasteiger partial charge in [0.15, 0.2) is 0 Å². The summed E-state index contributed by atoms with van der Waals surface area (Å²) in [5, 5.41) is 12.5. The second-order valence-electron chi connectivity index (χ2n) is 4.63. The average Bonchev–Trinajstić information content (AvgIpc) is 2.67. The SMILES string of the molecule is CCOC(C)(C)c1noc(CC(C)CC#N)n1. The molecule has 0 spiro atoms. The largest absolute Gasteiger partial charge is 0.368 e. The van der Waals surface area contributed by atoms with Crippen LogP contribution in [0.5, 0.6) is 0 Å². The molecule has 0 radical (unpaired) electrons. The van der Waals surface area contributed by atoms with Crippen LogP contribution in [0.2, 0.25) is 0 Å². The molecule has 1 aromatic rings. The van der Waals surface area contributed by atoms with Gasteiger partial charge in [-0.15, -0.1) is 0 Å². The molecule has 0 aliphatic heterocycles. The Balaban J connectivity index is 2.68. The number of aromatic nitrogens is 2. The smallest absolute Gasteiger partial charge is 0.227 e. The molecule has 1 heterocycles. The van der Waals surface area contributed by atoms with Crippen LogP contribution in [0.4, 0.5) is 0 Å². The van der Waals surface area contributed by atoms with Gasteiger partial charge in [-0.2, -0.15) is 10.2 Å². The molecule has 0 aromatic carbocycles. The third-order valence-electron chi connectivity index (χ3n) is 2.47. The molecule has 5 nitrogen and oxygen atoms in total. The van der Waals surface area contributed by atoms with Gasteiger partial charge in [0.05, 0.1) is 6.07 Å². The second-order valence-corrected chi connectivity index (χ2v) is 4.63. The monoisotopic (exact) mass is 237 g/mol. The minimum absolute atomic E-state index is 0.225. The first-order valence-electron chi connectivity index (χ1n) is 5.83. The van der Waals surface area contributed by atoms with Gasteiger partial charge in [-0.3, -0.25) is 0 Å². The first kappa shape index (κ1) is 13.7. The first-order valence-corrected chi connectivity index (χ1v) is 5.83. The predicted octanol–water partition coefficient (Wildman–Crippen LogP) is 2.43.